The molecule has 0 radical (unpaired) electrons. The minimum atomic E-state index is -4.08. The van der Waals surface area contributed by atoms with Crippen molar-refractivity contribution < 1.29 is 35.8 Å². The molecular weight excluding hydrogens is 579 g/mol. The monoisotopic (exact) mass is 610 g/mol. The van der Waals surface area contributed by atoms with Gasteiger partial charge in [-0.1, -0.05) is 6.07 Å². The second kappa shape index (κ2) is 11.4. The quantitative estimate of drug-likeness (QED) is 0.271. The van der Waals surface area contributed by atoms with E-state index in [-0.39, 0.29) is 58.7 Å². The minimum absolute atomic E-state index is 0.0674. The van der Waals surface area contributed by atoms with E-state index in [1.807, 2.05) is 0 Å². The summed E-state index contributed by atoms with van der Waals surface area (Å²) in [5.41, 5.74) is -0.982. The fourth-order valence-corrected chi connectivity index (χ4v) is 7.30. The van der Waals surface area contributed by atoms with Gasteiger partial charge in [-0.25, -0.2) is 26.4 Å². The van der Waals surface area contributed by atoms with Crippen molar-refractivity contribution in [3.05, 3.63) is 64.7 Å². The van der Waals surface area contributed by atoms with Crippen molar-refractivity contribution in [2.45, 2.75) is 46.8 Å². The van der Waals surface area contributed by atoms with Crippen LogP contribution in [0.2, 0.25) is 0 Å². The molecule has 0 aliphatic carbocycles. The number of piperidine rings is 1. The molecule has 2 fully saturated rings. The Balaban J connectivity index is 1.12. The number of nitrogens with one attached hydrogen (secondary N) is 2. The Hall–Kier alpha value is -2.92. The van der Waals surface area contributed by atoms with Crippen molar-refractivity contribution in [2.75, 3.05) is 32.8 Å². The molecule has 2 aromatic carbocycles. The molecule has 222 valence electrons. The zero-order valence-electron chi connectivity index (χ0n) is 22.0. The van der Waals surface area contributed by atoms with Gasteiger partial charge in [-0.2, -0.15) is 4.31 Å². The third kappa shape index (κ3) is 6.45. The standard InChI is InChI=1S/C26H31FN4O8S2/c27-17-4-5-22-23(10-17)30-14-24(25(22)33)41(36,37)31-8-6-26(7-9-31)12-18(15-39-26)29-13-19(32)16-38-20-2-1-3-21(11-20)40(28,34)35/h1-5,10-11,14,18-19,29,32H,6-9,12-13,15-16H2,(H,30,33)(H2,28,34,35)/t18?,19-/m0/s1. The van der Waals surface area contributed by atoms with Gasteiger partial charge in [0.25, 0.3) is 0 Å². The molecule has 1 aromatic heterocycles. The van der Waals surface area contributed by atoms with Gasteiger partial charge < -0.3 is 24.9 Å². The summed E-state index contributed by atoms with van der Waals surface area (Å²) < 4.78 is 75.9. The second-order valence-corrected chi connectivity index (χ2v) is 13.8. The minimum Gasteiger partial charge on any atom is -0.491 e. The maximum absolute atomic E-state index is 13.5. The fourth-order valence-electron chi connectivity index (χ4n) is 5.26. The number of hydrogen-bond donors (Lipinski definition) is 4. The Labute approximate surface area is 236 Å². The van der Waals surface area contributed by atoms with Crippen LogP contribution in [-0.4, -0.2) is 81.8 Å². The lowest BCUT2D eigenvalue weighted by Gasteiger charge is -2.37. The van der Waals surface area contributed by atoms with E-state index in [0.717, 1.165) is 18.3 Å². The molecule has 15 heteroatoms. The number of H-pyrrole nitrogens is 1. The second-order valence-electron chi connectivity index (χ2n) is 10.4. The Morgan fingerprint density at radius 1 is 1.20 bits per heavy atom. The fraction of sp³-hybridized carbons (Fsp3) is 0.423. The molecule has 2 saturated heterocycles. The maximum Gasteiger partial charge on any atom is 0.248 e. The van der Waals surface area contributed by atoms with E-state index in [0.29, 0.717) is 25.9 Å². The van der Waals surface area contributed by atoms with Gasteiger partial charge in [-0.3, -0.25) is 4.79 Å². The van der Waals surface area contributed by atoms with Crippen LogP contribution >= 0.6 is 0 Å². The van der Waals surface area contributed by atoms with Gasteiger partial charge in [0.2, 0.25) is 25.5 Å². The van der Waals surface area contributed by atoms with E-state index < -0.39 is 43.0 Å². The molecule has 3 heterocycles. The summed E-state index contributed by atoms with van der Waals surface area (Å²) in [5, 5.41) is 18.8. The van der Waals surface area contributed by atoms with Gasteiger partial charge in [0, 0.05) is 43.3 Å². The number of benzene rings is 2. The molecule has 2 aliphatic rings. The molecule has 0 saturated carbocycles. The van der Waals surface area contributed by atoms with Gasteiger partial charge in [0.15, 0.2) is 0 Å². The summed E-state index contributed by atoms with van der Waals surface area (Å²) in [7, 11) is -7.95. The summed E-state index contributed by atoms with van der Waals surface area (Å²) in [4.78, 5) is 15.1. The Morgan fingerprint density at radius 2 is 1.95 bits per heavy atom. The first-order valence-electron chi connectivity index (χ1n) is 13.0. The van der Waals surface area contributed by atoms with Crippen LogP contribution in [0.5, 0.6) is 5.75 Å². The van der Waals surface area contributed by atoms with E-state index in [9.17, 15) is 31.1 Å². The zero-order chi connectivity index (χ0) is 29.4. The predicted molar refractivity (Wildman–Crippen MR) is 147 cm³/mol. The number of sulfonamides is 2. The molecule has 0 amide bonds. The number of ether oxygens (including phenoxy) is 2. The smallest absolute Gasteiger partial charge is 0.248 e. The molecule has 1 spiro atoms. The van der Waals surface area contributed by atoms with Crippen molar-refractivity contribution >= 4 is 30.9 Å². The summed E-state index contributed by atoms with van der Waals surface area (Å²) in [6.45, 7) is 0.856. The lowest BCUT2D eigenvalue weighted by atomic mass is 9.88. The van der Waals surface area contributed by atoms with Gasteiger partial charge in [0.1, 0.15) is 29.2 Å². The normalized spacial score (nSPS) is 20.4. The number of rotatable bonds is 9. The first-order chi connectivity index (χ1) is 19.4. The number of pyridine rings is 1. The number of aromatic amines is 1. The van der Waals surface area contributed by atoms with Crippen LogP contribution in [0.1, 0.15) is 19.3 Å². The van der Waals surface area contributed by atoms with Crippen LogP contribution in [0.25, 0.3) is 10.9 Å². The number of nitrogens with two attached hydrogens (primary N) is 1. The molecular formula is C26H31FN4O8S2. The number of primary sulfonamides is 1. The number of aliphatic hydroxyl groups excluding tert-OH is 1. The van der Waals surface area contributed by atoms with E-state index in [4.69, 9.17) is 14.6 Å². The van der Waals surface area contributed by atoms with Crippen LogP contribution in [0.15, 0.2) is 63.2 Å². The van der Waals surface area contributed by atoms with Crippen molar-refractivity contribution in [1.82, 2.24) is 14.6 Å². The van der Waals surface area contributed by atoms with Crippen molar-refractivity contribution in [3.63, 3.8) is 0 Å². The number of hydrogen-bond acceptors (Lipinski definition) is 9. The molecule has 12 nitrogen and oxygen atoms in total. The molecule has 2 aliphatic heterocycles. The summed E-state index contributed by atoms with van der Waals surface area (Å²) in [5.74, 6) is -0.273. The van der Waals surface area contributed by atoms with E-state index in [1.165, 1.54) is 28.6 Å². The summed E-state index contributed by atoms with van der Waals surface area (Å²) >= 11 is 0. The van der Waals surface area contributed by atoms with Crippen LogP contribution in [0.3, 0.4) is 0 Å². The maximum atomic E-state index is 13.5. The van der Waals surface area contributed by atoms with Crippen molar-refractivity contribution in [2.24, 2.45) is 5.14 Å². The van der Waals surface area contributed by atoms with Crippen LogP contribution in [-0.2, 0) is 24.8 Å². The van der Waals surface area contributed by atoms with Gasteiger partial charge >= 0.3 is 0 Å². The van der Waals surface area contributed by atoms with E-state index in [1.54, 1.807) is 6.07 Å². The van der Waals surface area contributed by atoms with Crippen molar-refractivity contribution in [1.29, 1.82) is 0 Å². The third-order valence-electron chi connectivity index (χ3n) is 7.49. The molecule has 5 N–H and O–H groups in total. The lowest BCUT2D eigenvalue weighted by molar-refractivity contribution is -0.0312. The molecule has 0 bridgehead atoms. The molecule has 1 unspecified atom stereocenters. The molecule has 41 heavy (non-hydrogen) atoms. The summed E-state index contributed by atoms with van der Waals surface area (Å²) in [6, 6.07) is 9.14. The Morgan fingerprint density at radius 3 is 2.68 bits per heavy atom. The van der Waals surface area contributed by atoms with Gasteiger partial charge in [-0.15, -0.1) is 0 Å². The van der Waals surface area contributed by atoms with E-state index in [2.05, 4.69) is 10.3 Å². The lowest BCUT2D eigenvalue weighted by Crippen LogP contribution is -2.47. The number of aromatic nitrogens is 1. The number of halogens is 1. The number of fused-ring (bicyclic) bond motifs is 1. The topological polar surface area (TPSA) is 181 Å². The number of nitrogens with zero attached hydrogens (tertiary/aromatic N) is 1. The largest absolute Gasteiger partial charge is 0.491 e. The summed E-state index contributed by atoms with van der Waals surface area (Å²) in [6.07, 6.45) is 1.72. The first kappa shape index (κ1) is 29.6. The Kier molecular flexibility index (Phi) is 8.22. The highest BCUT2D eigenvalue weighted by Gasteiger charge is 2.45. The van der Waals surface area contributed by atoms with Crippen molar-refractivity contribution in [3.8, 4) is 5.75 Å². The molecule has 3 aromatic rings. The average molecular weight is 611 g/mol. The van der Waals surface area contributed by atoms with E-state index >= 15 is 0 Å². The number of aliphatic hydroxyl groups is 1. The third-order valence-corrected chi connectivity index (χ3v) is 10.3. The first-order valence-corrected chi connectivity index (χ1v) is 16.0. The van der Waals surface area contributed by atoms with Crippen LogP contribution in [0.4, 0.5) is 4.39 Å². The highest BCUT2D eigenvalue weighted by atomic mass is 32.2. The zero-order valence-corrected chi connectivity index (χ0v) is 23.6. The van der Waals surface area contributed by atoms with Gasteiger partial charge in [0.05, 0.1) is 22.6 Å². The van der Waals surface area contributed by atoms with Crippen LogP contribution < -0.4 is 20.6 Å². The Bertz CT molecular complexity index is 1710. The molecule has 5 rings (SSSR count). The molecule has 2 atom stereocenters. The van der Waals surface area contributed by atoms with Gasteiger partial charge in [-0.05, 0) is 49.6 Å². The predicted octanol–water partition coefficient (Wildman–Crippen LogP) is 0.656. The van der Waals surface area contributed by atoms with Crippen LogP contribution in [0, 0.1) is 5.82 Å². The highest BCUT2D eigenvalue weighted by molar-refractivity contribution is 7.89. The average Bonchev–Trinajstić information content (AvgIpc) is 3.32. The SMILES string of the molecule is NS(=O)(=O)c1cccc(OC[C@@H](O)CNC2COC3(CCN(S(=O)(=O)c4c[nH]c5cc(F)ccc5c4=O)CC3)C2)c1. The highest BCUT2D eigenvalue weighted by Crippen LogP contribution is 2.37.